The Morgan fingerprint density at radius 1 is 0.515 bits per heavy atom. The van der Waals surface area contributed by atoms with Gasteiger partial charge < -0.3 is 10.6 Å². The summed E-state index contributed by atoms with van der Waals surface area (Å²) in [7, 11) is 0. The lowest BCUT2D eigenvalue weighted by molar-refractivity contribution is -0.0262. The molecule has 8 fully saturated rings. The Labute approximate surface area is 203 Å². The first-order valence-electron chi connectivity index (χ1n) is 15.0. The molecule has 0 aromatic rings. The first-order chi connectivity index (χ1) is 16.0. The minimum atomic E-state index is 0.462. The van der Waals surface area contributed by atoms with Crippen molar-refractivity contribution in [1.29, 1.82) is 0 Å². The van der Waals surface area contributed by atoms with E-state index in [2.05, 4.69) is 35.1 Å². The average Bonchev–Trinajstić information content (AvgIpc) is 2.70. The smallest absolute Gasteiger partial charge is 0.0546 e. The molecular formula is C29H52N4. The lowest BCUT2D eigenvalue weighted by Crippen LogP contribution is -2.62. The van der Waals surface area contributed by atoms with Gasteiger partial charge in [-0.05, 0) is 152 Å². The molecule has 0 spiro atoms. The Morgan fingerprint density at radius 2 is 0.818 bits per heavy atom. The summed E-state index contributed by atoms with van der Waals surface area (Å²) in [5.74, 6) is 6.18. The Hall–Kier alpha value is -0.160. The van der Waals surface area contributed by atoms with E-state index in [1.165, 1.54) is 96.3 Å². The fourth-order valence-electron chi connectivity index (χ4n) is 10.7. The molecule has 4 nitrogen and oxygen atoms in total. The van der Waals surface area contributed by atoms with Crippen molar-refractivity contribution >= 4 is 0 Å². The van der Waals surface area contributed by atoms with Gasteiger partial charge in [-0.1, -0.05) is 6.42 Å². The zero-order valence-corrected chi connectivity index (χ0v) is 21.6. The van der Waals surface area contributed by atoms with Gasteiger partial charge in [0.1, 0.15) is 0 Å². The van der Waals surface area contributed by atoms with Crippen LogP contribution in [-0.2, 0) is 0 Å². The molecule has 0 aromatic heterocycles. The topological polar surface area (TPSA) is 48.1 Å². The molecule has 2 unspecified atom stereocenters. The van der Waals surface area contributed by atoms with Crippen molar-refractivity contribution in [2.45, 2.75) is 134 Å². The van der Waals surface area contributed by atoms with Crippen LogP contribution in [0.25, 0.3) is 0 Å². The number of nitrogens with one attached hydrogen (secondary N) is 4. The van der Waals surface area contributed by atoms with Crippen molar-refractivity contribution in [3.63, 3.8) is 0 Å². The van der Waals surface area contributed by atoms with Crippen LogP contribution in [0.3, 0.4) is 0 Å². The summed E-state index contributed by atoms with van der Waals surface area (Å²) in [6.45, 7) is 7.03. The maximum atomic E-state index is 4.07. The first kappa shape index (κ1) is 23.3. The Kier molecular flexibility index (Phi) is 6.60. The van der Waals surface area contributed by atoms with E-state index in [-0.39, 0.29) is 0 Å². The SMILES string of the molecule is CC(NCCCCCNC(C)NC12CC3CC(CC(C3)C1)C2)NC12CC3CC(CC(C3)C1)C2. The van der Waals surface area contributed by atoms with Crippen LogP contribution in [0, 0.1) is 35.5 Å². The molecule has 8 bridgehead atoms. The van der Waals surface area contributed by atoms with Gasteiger partial charge in [0.05, 0.1) is 12.3 Å². The van der Waals surface area contributed by atoms with E-state index in [4.69, 9.17) is 0 Å². The molecule has 0 aliphatic heterocycles. The van der Waals surface area contributed by atoms with Crippen molar-refractivity contribution in [1.82, 2.24) is 21.3 Å². The van der Waals surface area contributed by atoms with Gasteiger partial charge in [-0.15, -0.1) is 0 Å². The van der Waals surface area contributed by atoms with Gasteiger partial charge in [-0.25, -0.2) is 0 Å². The van der Waals surface area contributed by atoms with E-state index in [9.17, 15) is 0 Å². The van der Waals surface area contributed by atoms with Gasteiger partial charge in [0.25, 0.3) is 0 Å². The van der Waals surface area contributed by atoms with Crippen LogP contribution in [0.5, 0.6) is 0 Å². The van der Waals surface area contributed by atoms with Crippen LogP contribution in [-0.4, -0.2) is 36.5 Å². The summed E-state index contributed by atoms with van der Waals surface area (Å²) in [6.07, 6.45) is 22.8. The molecule has 8 saturated carbocycles. The molecule has 2 atom stereocenters. The van der Waals surface area contributed by atoms with Crippen LogP contribution in [0.4, 0.5) is 0 Å². The van der Waals surface area contributed by atoms with Gasteiger partial charge in [0.2, 0.25) is 0 Å². The largest absolute Gasteiger partial charge is 0.302 e. The van der Waals surface area contributed by atoms with E-state index in [0.717, 1.165) is 48.6 Å². The lowest BCUT2D eigenvalue weighted by Gasteiger charge is -2.57. The number of hydrogen-bond acceptors (Lipinski definition) is 4. The number of hydrogen-bond donors (Lipinski definition) is 4. The van der Waals surface area contributed by atoms with Crippen molar-refractivity contribution in [3.05, 3.63) is 0 Å². The summed E-state index contributed by atoms with van der Waals surface area (Å²) in [6, 6.07) is 0. The van der Waals surface area contributed by atoms with Crippen molar-refractivity contribution in [2.75, 3.05) is 13.1 Å². The molecule has 4 heteroatoms. The highest BCUT2D eigenvalue weighted by molar-refractivity contribution is 5.08. The molecule has 8 aliphatic rings. The second-order valence-electron chi connectivity index (χ2n) is 14.1. The van der Waals surface area contributed by atoms with Crippen LogP contribution in [0.2, 0.25) is 0 Å². The van der Waals surface area contributed by atoms with Crippen LogP contribution >= 0.6 is 0 Å². The summed E-state index contributed by atoms with van der Waals surface area (Å²) >= 11 is 0. The quantitative estimate of drug-likeness (QED) is 0.242. The molecule has 33 heavy (non-hydrogen) atoms. The number of rotatable bonds is 12. The van der Waals surface area contributed by atoms with Crippen LogP contribution < -0.4 is 21.3 Å². The summed E-state index contributed by atoms with van der Waals surface area (Å²) < 4.78 is 0. The monoisotopic (exact) mass is 456 g/mol. The molecule has 0 saturated heterocycles. The van der Waals surface area contributed by atoms with Crippen LogP contribution in [0.15, 0.2) is 0 Å². The normalized spacial score (nSPS) is 46.7. The minimum absolute atomic E-state index is 0.462. The van der Waals surface area contributed by atoms with E-state index >= 15 is 0 Å². The second kappa shape index (κ2) is 9.37. The van der Waals surface area contributed by atoms with Gasteiger partial charge in [-0.3, -0.25) is 10.6 Å². The molecule has 4 N–H and O–H groups in total. The molecule has 8 rings (SSSR count). The van der Waals surface area contributed by atoms with E-state index in [1.807, 2.05) is 0 Å². The maximum absolute atomic E-state index is 4.07. The molecule has 188 valence electrons. The Balaban J connectivity index is 0.833. The maximum Gasteiger partial charge on any atom is 0.0546 e. The highest BCUT2D eigenvalue weighted by atomic mass is 15.2. The molecule has 0 aromatic carbocycles. The zero-order chi connectivity index (χ0) is 22.5. The van der Waals surface area contributed by atoms with E-state index < -0.39 is 0 Å². The van der Waals surface area contributed by atoms with E-state index in [0.29, 0.717) is 23.4 Å². The molecular weight excluding hydrogens is 404 g/mol. The first-order valence-corrected chi connectivity index (χ1v) is 15.0. The van der Waals surface area contributed by atoms with Crippen molar-refractivity contribution < 1.29 is 0 Å². The lowest BCUT2D eigenvalue weighted by atomic mass is 9.53. The predicted octanol–water partition coefficient (Wildman–Crippen LogP) is 5.14. The highest BCUT2D eigenvalue weighted by Crippen LogP contribution is 2.56. The van der Waals surface area contributed by atoms with Crippen LogP contribution in [0.1, 0.15) is 110 Å². The summed E-state index contributed by atoms with van der Waals surface area (Å²) in [5, 5.41) is 15.7. The van der Waals surface area contributed by atoms with Gasteiger partial charge in [0.15, 0.2) is 0 Å². The Morgan fingerprint density at radius 3 is 1.12 bits per heavy atom. The molecule has 8 aliphatic carbocycles. The van der Waals surface area contributed by atoms with Crippen molar-refractivity contribution in [3.8, 4) is 0 Å². The summed E-state index contributed by atoms with van der Waals surface area (Å²) in [5.41, 5.74) is 0.954. The average molecular weight is 457 g/mol. The fourth-order valence-corrected chi connectivity index (χ4v) is 10.7. The fraction of sp³-hybridized carbons (Fsp3) is 1.00. The second-order valence-corrected chi connectivity index (χ2v) is 14.1. The Bertz CT molecular complexity index is 548. The summed E-state index contributed by atoms with van der Waals surface area (Å²) in [4.78, 5) is 0. The molecule has 0 heterocycles. The van der Waals surface area contributed by atoms with E-state index in [1.54, 1.807) is 0 Å². The third-order valence-electron chi connectivity index (χ3n) is 10.9. The highest BCUT2D eigenvalue weighted by Gasteiger charge is 2.52. The van der Waals surface area contributed by atoms with Gasteiger partial charge >= 0.3 is 0 Å². The molecule has 0 amide bonds. The van der Waals surface area contributed by atoms with Gasteiger partial charge in [-0.2, -0.15) is 0 Å². The third kappa shape index (κ3) is 5.20. The third-order valence-corrected chi connectivity index (χ3v) is 10.9. The van der Waals surface area contributed by atoms with Gasteiger partial charge in [0, 0.05) is 11.1 Å². The zero-order valence-electron chi connectivity index (χ0n) is 21.6. The minimum Gasteiger partial charge on any atom is -0.302 e. The standard InChI is InChI=1S/C29H52N4/c1-20(32-28-14-22-8-23(15-28)10-24(9-22)16-28)30-6-4-3-5-7-31-21(2)33-29-17-25-11-26(18-29)13-27(12-25)19-29/h20-27,30-33H,3-19H2,1-2H3. The molecule has 0 radical (unpaired) electrons. The van der Waals surface area contributed by atoms with Crippen molar-refractivity contribution in [2.24, 2.45) is 35.5 Å². The predicted molar refractivity (Wildman–Crippen MR) is 137 cm³/mol. The number of unbranched alkanes of at least 4 members (excludes halogenated alkanes) is 2.